The summed E-state index contributed by atoms with van der Waals surface area (Å²) in [5, 5.41) is 23.8. The molecule has 0 aromatic heterocycles. The van der Waals surface area contributed by atoms with E-state index < -0.39 is 90.3 Å². The molecule has 17 nitrogen and oxygen atoms in total. The largest absolute Gasteiger partial charge is 0.462 e. The molecular weight excluding hydrogens is 975 g/mol. The van der Waals surface area contributed by atoms with Crippen molar-refractivity contribution in [1.82, 2.24) is 14.7 Å². The Labute approximate surface area is 457 Å². The van der Waals surface area contributed by atoms with Crippen LogP contribution in [0.5, 0.6) is 0 Å². The highest BCUT2D eigenvalue weighted by Crippen LogP contribution is 2.32. The van der Waals surface area contributed by atoms with Crippen molar-refractivity contribution in [2.45, 2.75) is 182 Å². The van der Waals surface area contributed by atoms with E-state index in [2.05, 4.69) is 19.9 Å². The maximum Gasteiger partial charge on any atom is 0.331 e. The summed E-state index contributed by atoms with van der Waals surface area (Å²) in [5.74, 6) is -4.21. The molecule has 436 valence electrons. The monoisotopic (exact) mass is 1080 g/mol. The van der Waals surface area contributed by atoms with Gasteiger partial charge in [0.2, 0.25) is 6.41 Å². The van der Waals surface area contributed by atoms with Gasteiger partial charge in [-0.3, -0.25) is 29.0 Å². The number of nitrogens with zero attached hydrogens (tertiary/aromatic N) is 3. The van der Waals surface area contributed by atoms with Crippen molar-refractivity contribution in [3.8, 4) is 0 Å². The SMILES string of the molecule is COCC(C(=O)OC1C/C=C/C=C/C(=O)O[C@H]([C@@H](C)[C@@H](O)[C@@H](C)CC[C@H](OC(=O)C(C)N(C)C)[C@H](C)[C@H](OC(C)=O)[C@H](C)/C=C/N(C)C=O)C/C=C/C(OC)CC(C)C/C=C(\C)C(OC)CCC(C)C(O)C1C)N(C)C. The van der Waals surface area contributed by atoms with Crippen LogP contribution in [0.3, 0.4) is 0 Å². The number of carbonyl (C=O) groups is 5. The molecule has 0 saturated carbocycles. The maximum absolute atomic E-state index is 13.6. The average Bonchev–Trinajstić information content (AvgIpc) is 3.38. The van der Waals surface area contributed by atoms with Crippen molar-refractivity contribution in [1.29, 1.82) is 0 Å². The lowest BCUT2D eigenvalue weighted by Crippen LogP contribution is -2.44. The van der Waals surface area contributed by atoms with E-state index in [1.807, 2.05) is 53.7 Å². The average molecular weight is 1080 g/mol. The first-order valence-corrected chi connectivity index (χ1v) is 27.3. The number of carbonyl (C=O) groups excluding carboxylic acids is 5. The fourth-order valence-corrected chi connectivity index (χ4v) is 9.39. The number of cyclic esters (lactones) is 1. The van der Waals surface area contributed by atoms with Crippen LogP contribution in [-0.4, -0.2) is 179 Å². The van der Waals surface area contributed by atoms with Gasteiger partial charge in [0, 0.05) is 84.1 Å². The van der Waals surface area contributed by atoms with Gasteiger partial charge in [-0.1, -0.05) is 91.0 Å². The molecule has 1 heterocycles. The number of methoxy groups -OCH3 is 3. The van der Waals surface area contributed by atoms with Crippen molar-refractivity contribution in [2.24, 2.45) is 41.4 Å². The van der Waals surface area contributed by atoms with Crippen LogP contribution in [0.15, 0.2) is 60.4 Å². The Morgan fingerprint density at radius 2 is 1.54 bits per heavy atom. The lowest BCUT2D eigenvalue weighted by atomic mass is 9.82. The Kier molecular flexibility index (Phi) is 33.8. The molecule has 17 heteroatoms. The second kappa shape index (κ2) is 36.8. The predicted molar refractivity (Wildman–Crippen MR) is 297 cm³/mol. The highest BCUT2D eigenvalue weighted by Gasteiger charge is 2.38. The number of amides is 1. The number of ether oxygens (including phenoxy) is 7. The van der Waals surface area contributed by atoms with Crippen LogP contribution in [0.25, 0.3) is 0 Å². The van der Waals surface area contributed by atoms with Crippen molar-refractivity contribution >= 4 is 30.3 Å². The number of hydrogen-bond acceptors (Lipinski definition) is 16. The molecule has 76 heavy (non-hydrogen) atoms. The third-order valence-electron chi connectivity index (χ3n) is 15.2. The van der Waals surface area contributed by atoms with Gasteiger partial charge in [-0.2, -0.15) is 0 Å². The third-order valence-corrected chi connectivity index (χ3v) is 15.2. The van der Waals surface area contributed by atoms with Gasteiger partial charge >= 0.3 is 23.9 Å². The Morgan fingerprint density at radius 3 is 2.12 bits per heavy atom. The second-order valence-electron chi connectivity index (χ2n) is 21.9. The van der Waals surface area contributed by atoms with E-state index in [0.29, 0.717) is 32.1 Å². The highest BCUT2D eigenvalue weighted by atomic mass is 16.6. The minimum atomic E-state index is -0.973. The van der Waals surface area contributed by atoms with Gasteiger partial charge in [0.1, 0.15) is 36.5 Å². The summed E-state index contributed by atoms with van der Waals surface area (Å²) in [6.07, 6.45) is 15.5. The van der Waals surface area contributed by atoms with Crippen LogP contribution in [0.1, 0.15) is 121 Å². The molecule has 0 aromatic rings. The topological polar surface area (TPSA) is 200 Å². The van der Waals surface area contributed by atoms with Crippen LogP contribution in [-0.2, 0) is 57.1 Å². The van der Waals surface area contributed by atoms with E-state index in [4.69, 9.17) is 33.2 Å². The maximum atomic E-state index is 13.6. The van der Waals surface area contributed by atoms with Crippen LogP contribution < -0.4 is 0 Å². The Hall–Kier alpha value is -4.23. The van der Waals surface area contributed by atoms with Crippen LogP contribution in [0.4, 0.5) is 0 Å². The summed E-state index contributed by atoms with van der Waals surface area (Å²) in [7, 11) is 13.6. The number of allylic oxidation sites excluding steroid dienone is 3. The zero-order chi connectivity index (χ0) is 57.8. The fraction of sp³-hybridized carbons (Fsp3) is 0.746. The number of aliphatic hydroxyl groups is 2. The number of likely N-dealkylation sites (N-methyl/N-ethyl adjacent to an activating group) is 2. The Bertz CT molecular complexity index is 1870. The van der Waals surface area contributed by atoms with Gasteiger partial charge in [-0.15, -0.1) is 0 Å². The molecule has 17 atom stereocenters. The molecule has 0 fully saturated rings. The predicted octanol–water partition coefficient (Wildman–Crippen LogP) is 7.74. The zero-order valence-electron chi connectivity index (χ0n) is 49.6. The van der Waals surface area contributed by atoms with Gasteiger partial charge < -0.3 is 48.3 Å². The van der Waals surface area contributed by atoms with Crippen molar-refractivity contribution in [3.63, 3.8) is 0 Å². The first-order valence-electron chi connectivity index (χ1n) is 27.3. The van der Waals surface area contributed by atoms with Crippen LogP contribution in [0.2, 0.25) is 0 Å². The summed E-state index contributed by atoms with van der Waals surface area (Å²) >= 11 is 0. The summed E-state index contributed by atoms with van der Waals surface area (Å²) in [6, 6.07) is -1.23. The second-order valence-corrected chi connectivity index (χ2v) is 21.9. The van der Waals surface area contributed by atoms with Gasteiger partial charge in [-0.25, -0.2) is 4.79 Å². The molecule has 0 radical (unpaired) electrons. The highest BCUT2D eigenvalue weighted by molar-refractivity contribution is 5.82. The van der Waals surface area contributed by atoms with Crippen molar-refractivity contribution in [2.75, 3.05) is 63.2 Å². The van der Waals surface area contributed by atoms with E-state index in [9.17, 15) is 34.2 Å². The molecule has 2 N–H and O–H groups in total. The summed E-state index contributed by atoms with van der Waals surface area (Å²) in [5.41, 5.74) is 1.10. The van der Waals surface area contributed by atoms with E-state index in [1.165, 1.54) is 25.0 Å². The molecule has 1 aliphatic rings. The third kappa shape index (κ3) is 25.1. The molecule has 0 aromatic carbocycles. The Morgan fingerprint density at radius 1 is 0.868 bits per heavy atom. The minimum Gasteiger partial charge on any atom is -0.462 e. The van der Waals surface area contributed by atoms with Gasteiger partial charge in [0.15, 0.2) is 0 Å². The van der Waals surface area contributed by atoms with Crippen LogP contribution >= 0.6 is 0 Å². The summed E-state index contributed by atoms with van der Waals surface area (Å²) in [4.78, 5) is 69.3. The number of hydrogen-bond donors (Lipinski definition) is 2. The minimum absolute atomic E-state index is 0.129. The molecular formula is C59H101N3O14. The lowest BCUT2D eigenvalue weighted by Gasteiger charge is -2.35. The van der Waals surface area contributed by atoms with E-state index in [0.717, 1.165) is 18.4 Å². The molecule has 1 amide bonds. The fourth-order valence-electron chi connectivity index (χ4n) is 9.39. The standard InChI is InChI=1S/C59H101N3O14/c1-38-27-28-39(2)50(72-18)31-29-40(3)56(67)44(7)52(76-59(69)49(36-70-16)61(13)14)24-20-19-21-26-54(65)74-51(25-22-23-48(35-38)71-17)43(6)55(66)41(4)30-32-53(75-58(68)46(9)60(11)12)45(8)57(73-47(10)64)42(5)33-34-62(15)37-63/h19-23,26,28,33-34,37-38,40-46,48-53,55-57,66-67H,24-25,27,29-32,35-36H2,1-18H3/b20-19+,23-22+,26-21+,34-33+,39-28+/t38?,40?,41-,42+,43+,44?,45-,46?,48?,49?,50?,51-,52?,53-,55-,56?,57+/m0/s1. The smallest absolute Gasteiger partial charge is 0.331 e. The quantitative estimate of drug-likeness (QED) is 0.0435. The van der Waals surface area contributed by atoms with Crippen LogP contribution in [0, 0.1) is 41.4 Å². The van der Waals surface area contributed by atoms with E-state index in [-0.39, 0.29) is 55.3 Å². The molecule has 9 unspecified atom stereocenters. The van der Waals surface area contributed by atoms with Crippen molar-refractivity contribution < 1.29 is 67.3 Å². The number of aliphatic hydroxyl groups excluding tert-OH is 2. The first-order chi connectivity index (χ1) is 35.7. The van der Waals surface area contributed by atoms with E-state index >= 15 is 0 Å². The zero-order valence-corrected chi connectivity index (χ0v) is 49.6. The molecule has 0 saturated heterocycles. The number of esters is 4. The van der Waals surface area contributed by atoms with Gasteiger partial charge in [0.25, 0.3) is 0 Å². The molecule has 0 bridgehead atoms. The first kappa shape index (κ1) is 69.8. The summed E-state index contributed by atoms with van der Waals surface area (Å²) < 4.78 is 41.5. The molecule has 0 spiro atoms. The molecule has 1 rings (SSSR count). The Balaban J connectivity index is 3.70. The molecule has 1 aliphatic heterocycles. The normalized spacial score (nSPS) is 28.6. The molecule has 0 aliphatic carbocycles. The van der Waals surface area contributed by atoms with E-state index in [1.54, 1.807) is 96.7 Å². The van der Waals surface area contributed by atoms with Gasteiger partial charge in [0.05, 0.1) is 31.0 Å². The number of rotatable bonds is 23. The lowest BCUT2D eigenvalue weighted by molar-refractivity contribution is -0.166. The van der Waals surface area contributed by atoms with Gasteiger partial charge in [-0.05, 0) is 104 Å². The van der Waals surface area contributed by atoms with Crippen molar-refractivity contribution in [3.05, 3.63) is 60.4 Å². The summed E-state index contributed by atoms with van der Waals surface area (Å²) in [6.45, 7) is 18.8.